The number of amides is 1. The van der Waals surface area contributed by atoms with Crippen molar-refractivity contribution in [2.75, 3.05) is 6.54 Å². The molecule has 1 amide bonds. The zero-order chi connectivity index (χ0) is 12.4. The summed E-state index contributed by atoms with van der Waals surface area (Å²) in [5, 5.41) is 3.19. The zero-order valence-electron chi connectivity index (χ0n) is 10.1. The summed E-state index contributed by atoms with van der Waals surface area (Å²) in [5.74, 6) is -0.186. The zero-order valence-corrected chi connectivity index (χ0v) is 10.1. The van der Waals surface area contributed by atoms with Crippen molar-refractivity contribution in [1.82, 2.24) is 10.2 Å². The van der Waals surface area contributed by atoms with Crippen LogP contribution in [-0.2, 0) is 4.79 Å². The molecule has 1 N–H and O–H groups in total. The molecule has 0 saturated carbocycles. The van der Waals surface area contributed by atoms with E-state index >= 15 is 0 Å². The molecule has 0 bridgehead atoms. The lowest BCUT2D eigenvalue weighted by atomic mass is 10.1. The van der Waals surface area contributed by atoms with E-state index in [9.17, 15) is 9.18 Å². The number of benzene rings is 1. The van der Waals surface area contributed by atoms with Crippen LogP contribution in [0.5, 0.6) is 0 Å². The maximum atomic E-state index is 13.2. The van der Waals surface area contributed by atoms with Crippen LogP contribution in [0.3, 0.4) is 0 Å². The van der Waals surface area contributed by atoms with Crippen molar-refractivity contribution in [3.63, 3.8) is 0 Å². The molecule has 1 aromatic rings. The highest BCUT2D eigenvalue weighted by Gasteiger charge is 2.36. The van der Waals surface area contributed by atoms with Crippen molar-refractivity contribution in [1.29, 1.82) is 0 Å². The van der Waals surface area contributed by atoms with Gasteiger partial charge in [-0.3, -0.25) is 10.1 Å². The maximum absolute atomic E-state index is 13.2. The monoisotopic (exact) mass is 236 g/mol. The molecule has 92 valence electrons. The highest BCUT2D eigenvalue weighted by Crippen LogP contribution is 2.25. The minimum atomic E-state index is -0.271. The van der Waals surface area contributed by atoms with Crippen molar-refractivity contribution in [3.8, 4) is 0 Å². The summed E-state index contributed by atoms with van der Waals surface area (Å²) in [6.45, 7) is 4.56. The summed E-state index contributed by atoms with van der Waals surface area (Å²) in [4.78, 5) is 13.7. The third-order valence-electron chi connectivity index (χ3n) is 3.00. The van der Waals surface area contributed by atoms with Gasteiger partial charge in [0.15, 0.2) is 0 Å². The molecule has 2 unspecified atom stereocenters. The van der Waals surface area contributed by atoms with Crippen molar-refractivity contribution < 1.29 is 9.18 Å². The van der Waals surface area contributed by atoms with Gasteiger partial charge in [0.05, 0.1) is 6.04 Å². The fourth-order valence-corrected chi connectivity index (χ4v) is 2.21. The molecule has 0 aromatic heterocycles. The van der Waals surface area contributed by atoms with E-state index in [-0.39, 0.29) is 23.9 Å². The van der Waals surface area contributed by atoms with Crippen molar-refractivity contribution >= 4 is 5.91 Å². The molecule has 1 aromatic carbocycles. The smallest absolute Gasteiger partial charge is 0.241 e. The van der Waals surface area contributed by atoms with Crippen LogP contribution in [0.1, 0.15) is 32.0 Å². The Labute approximate surface area is 101 Å². The minimum absolute atomic E-state index is 0.0844. The van der Waals surface area contributed by atoms with E-state index in [1.165, 1.54) is 12.1 Å². The third kappa shape index (κ3) is 2.31. The van der Waals surface area contributed by atoms with Crippen LogP contribution in [0, 0.1) is 5.82 Å². The summed E-state index contributed by atoms with van der Waals surface area (Å²) in [6.07, 6.45) is 0.694. The second kappa shape index (κ2) is 4.84. The summed E-state index contributed by atoms with van der Waals surface area (Å²) in [7, 11) is 0. The molecule has 3 nitrogen and oxygen atoms in total. The molecule has 0 aliphatic carbocycles. The van der Waals surface area contributed by atoms with E-state index in [1.807, 2.05) is 19.9 Å². The number of hydrogen-bond donors (Lipinski definition) is 1. The summed E-state index contributed by atoms with van der Waals surface area (Å²) < 4.78 is 13.2. The molecule has 1 aliphatic rings. The summed E-state index contributed by atoms with van der Waals surface area (Å²) >= 11 is 0. The predicted octanol–water partition coefficient (Wildman–Crippen LogP) is 2.05. The molecule has 17 heavy (non-hydrogen) atoms. The lowest BCUT2D eigenvalue weighted by Crippen LogP contribution is -2.31. The van der Waals surface area contributed by atoms with E-state index in [0.717, 1.165) is 12.0 Å². The maximum Gasteiger partial charge on any atom is 0.241 e. The highest BCUT2D eigenvalue weighted by molar-refractivity contribution is 5.84. The van der Waals surface area contributed by atoms with E-state index in [1.54, 1.807) is 11.0 Å². The number of hydrogen-bond acceptors (Lipinski definition) is 2. The largest absolute Gasteiger partial charge is 0.322 e. The fraction of sp³-hybridized carbons (Fsp3) is 0.462. The molecule has 1 aliphatic heterocycles. The number of nitrogens with one attached hydrogen (secondary N) is 1. The lowest BCUT2D eigenvalue weighted by molar-refractivity contribution is -0.129. The van der Waals surface area contributed by atoms with E-state index in [2.05, 4.69) is 5.32 Å². The Hall–Kier alpha value is -1.42. The van der Waals surface area contributed by atoms with Gasteiger partial charge in [-0.2, -0.15) is 0 Å². The Kier molecular flexibility index (Phi) is 3.43. The van der Waals surface area contributed by atoms with Gasteiger partial charge in [0, 0.05) is 6.54 Å². The van der Waals surface area contributed by atoms with Crippen molar-refractivity contribution in [2.45, 2.75) is 32.5 Å². The van der Waals surface area contributed by atoms with Gasteiger partial charge in [0.2, 0.25) is 5.91 Å². The first-order valence-corrected chi connectivity index (χ1v) is 5.95. The molecule has 2 rings (SSSR count). The second-order valence-electron chi connectivity index (χ2n) is 4.38. The number of carbonyl (C=O) groups is 1. The van der Waals surface area contributed by atoms with Gasteiger partial charge in [-0.05, 0) is 31.0 Å². The summed E-state index contributed by atoms with van der Waals surface area (Å²) in [5.41, 5.74) is 0.802. The number of nitrogens with zero attached hydrogens (tertiary/aromatic N) is 1. The Morgan fingerprint density at radius 2 is 2.24 bits per heavy atom. The van der Waals surface area contributed by atoms with Gasteiger partial charge in [0.25, 0.3) is 0 Å². The van der Waals surface area contributed by atoms with Gasteiger partial charge in [-0.1, -0.05) is 19.1 Å². The molecular weight excluding hydrogens is 219 g/mol. The normalized spacial score (nSPS) is 24.4. The summed E-state index contributed by atoms with van der Waals surface area (Å²) in [6, 6.07) is 6.20. The number of rotatable bonds is 3. The molecule has 4 heteroatoms. The van der Waals surface area contributed by atoms with Crippen molar-refractivity contribution in [3.05, 3.63) is 35.6 Å². The van der Waals surface area contributed by atoms with Crippen LogP contribution in [-0.4, -0.2) is 23.4 Å². The standard InChI is InChI=1S/C13H17FN2O/c1-3-7-16-12(15-9(2)13(16)17)10-5-4-6-11(14)8-10/h4-6,8-9,12,15H,3,7H2,1-2H3. The van der Waals surface area contributed by atoms with Crippen LogP contribution in [0.4, 0.5) is 4.39 Å². The first kappa shape index (κ1) is 12.0. The van der Waals surface area contributed by atoms with E-state index in [4.69, 9.17) is 0 Å². The molecule has 2 atom stereocenters. The molecule has 0 spiro atoms. The molecule has 1 fully saturated rings. The Bertz CT molecular complexity index is 422. The van der Waals surface area contributed by atoms with Crippen LogP contribution in [0.15, 0.2) is 24.3 Å². The van der Waals surface area contributed by atoms with Gasteiger partial charge in [0.1, 0.15) is 12.0 Å². The van der Waals surface area contributed by atoms with Crippen LogP contribution < -0.4 is 5.32 Å². The molecule has 1 saturated heterocycles. The molecule has 1 heterocycles. The quantitative estimate of drug-likeness (QED) is 0.871. The first-order chi connectivity index (χ1) is 8.13. The molecular formula is C13H17FN2O. The Morgan fingerprint density at radius 1 is 1.47 bits per heavy atom. The van der Waals surface area contributed by atoms with Crippen LogP contribution in [0.25, 0.3) is 0 Å². The van der Waals surface area contributed by atoms with Gasteiger partial charge in [-0.25, -0.2) is 4.39 Å². The third-order valence-corrected chi connectivity index (χ3v) is 3.00. The van der Waals surface area contributed by atoms with Crippen LogP contribution in [0.2, 0.25) is 0 Å². The fourth-order valence-electron chi connectivity index (χ4n) is 2.21. The van der Waals surface area contributed by atoms with Gasteiger partial charge < -0.3 is 4.90 Å². The number of carbonyl (C=O) groups excluding carboxylic acids is 1. The lowest BCUT2D eigenvalue weighted by Gasteiger charge is -2.24. The van der Waals surface area contributed by atoms with Crippen LogP contribution >= 0.6 is 0 Å². The predicted molar refractivity (Wildman–Crippen MR) is 63.7 cm³/mol. The second-order valence-corrected chi connectivity index (χ2v) is 4.38. The number of halogens is 1. The van der Waals surface area contributed by atoms with Crippen molar-refractivity contribution in [2.24, 2.45) is 0 Å². The van der Waals surface area contributed by atoms with Gasteiger partial charge in [-0.15, -0.1) is 0 Å². The first-order valence-electron chi connectivity index (χ1n) is 5.95. The molecule has 0 radical (unpaired) electrons. The SMILES string of the molecule is CCCN1C(=O)C(C)NC1c1cccc(F)c1. The Balaban J connectivity index is 2.27. The topological polar surface area (TPSA) is 32.3 Å². The minimum Gasteiger partial charge on any atom is -0.322 e. The van der Waals surface area contributed by atoms with Gasteiger partial charge >= 0.3 is 0 Å². The average molecular weight is 236 g/mol. The average Bonchev–Trinajstić information content (AvgIpc) is 2.58. The Morgan fingerprint density at radius 3 is 2.88 bits per heavy atom. The van der Waals surface area contributed by atoms with E-state index in [0.29, 0.717) is 6.54 Å². The highest BCUT2D eigenvalue weighted by atomic mass is 19.1. The van der Waals surface area contributed by atoms with E-state index < -0.39 is 0 Å².